The molecular formula is C54H55ClO8. The minimum atomic E-state index is -0.572. The van der Waals surface area contributed by atoms with Gasteiger partial charge in [-0.15, -0.1) is 0 Å². The van der Waals surface area contributed by atoms with E-state index in [0.29, 0.717) is 45.8 Å². The Morgan fingerprint density at radius 1 is 0.413 bits per heavy atom. The highest BCUT2D eigenvalue weighted by Crippen LogP contribution is 2.26. The molecule has 0 heterocycles. The molecule has 0 aliphatic carbocycles. The van der Waals surface area contributed by atoms with Gasteiger partial charge in [0.15, 0.2) is 0 Å². The monoisotopic (exact) mass is 866 g/mol. The molecule has 0 aromatic heterocycles. The lowest BCUT2D eigenvalue weighted by Crippen LogP contribution is -2.11. The summed E-state index contributed by atoms with van der Waals surface area (Å²) in [6.45, 7) is 12.9. The lowest BCUT2D eigenvalue weighted by molar-refractivity contribution is 0.0720. The molecule has 8 nitrogen and oxygen atoms in total. The summed E-state index contributed by atoms with van der Waals surface area (Å²) in [4.78, 5) is 49.6. The van der Waals surface area contributed by atoms with E-state index in [1.807, 2.05) is 67.6 Å². The molecule has 0 aliphatic rings. The Morgan fingerprint density at radius 2 is 0.714 bits per heavy atom. The first kappa shape index (κ1) is 47.5. The van der Waals surface area contributed by atoms with Gasteiger partial charge in [0.25, 0.3) is 0 Å². The van der Waals surface area contributed by atoms with E-state index >= 15 is 0 Å². The number of carbonyl (C=O) groups excluding carboxylic acids is 4. The maximum absolute atomic E-state index is 12.5. The lowest BCUT2D eigenvalue weighted by Gasteiger charge is -2.10. The van der Waals surface area contributed by atoms with E-state index in [2.05, 4.69) is 34.6 Å². The number of aryl methyl sites for hydroxylation is 2. The summed E-state index contributed by atoms with van der Waals surface area (Å²) in [5.74, 6) is 0.851. The van der Waals surface area contributed by atoms with Gasteiger partial charge in [0.1, 0.15) is 23.0 Å². The molecule has 0 N–H and O–H groups in total. The third-order valence-corrected chi connectivity index (χ3v) is 11.0. The zero-order valence-electron chi connectivity index (χ0n) is 36.8. The van der Waals surface area contributed by atoms with Crippen LogP contribution in [-0.2, 0) is 25.7 Å². The number of rotatable bonds is 16. The molecule has 0 bridgehead atoms. The van der Waals surface area contributed by atoms with E-state index in [9.17, 15) is 19.2 Å². The van der Waals surface area contributed by atoms with E-state index in [4.69, 9.17) is 30.5 Å². The van der Waals surface area contributed by atoms with Crippen LogP contribution in [0.5, 0.6) is 23.0 Å². The summed E-state index contributed by atoms with van der Waals surface area (Å²) in [6, 6.07) is 40.4. The Morgan fingerprint density at radius 3 is 1.06 bits per heavy atom. The van der Waals surface area contributed by atoms with Crippen molar-refractivity contribution in [3.8, 4) is 23.0 Å². The van der Waals surface area contributed by atoms with Gasteiger partial charge in [-0.2, -0.15) is 0 Å². The van der Waals surface area contributed by atoms with Crippen molar-refractivity contribution >= 4 is 35.5 Å². The Bertz CT molecular complexity index is 2420. The molecular weight excluding hydrogens is 812 g/mol. The fourth-order valence-corrected chi connectivity index (χ4v) is 6.53. The molecule has 0 amide bonds. The average molecular weight is 867 g/mol. The number of carbonyl (C=O) groups is 4. The van der Waals surface area contributed by atoms with Crippen LogP contribution in [0.15, 0.2) is 140 Å². The minimum Gasteiger partial charge on any atom is -0.423 e. The van der Waals surface area contributed by atoms with Crippen LogP contribution in [0.2, 0.25) is 5.02 Å². The summed E-state index contributed by atoms with van der Waals surface area (Å²) < 4.78 is 21.7. The zero-order valence-corrected chi connectivity index (χ0v) is 37.6. The summed E-state index contributed by atoms with van der Waals surface area (Å²) in [7, 11) is 0. The first-order valence-corrected chi connectivity index (χ1v) is 21.9. The SMILES string of the molecule is CCc1ccc(C(=O)Oc2ccc(C(=O)Oc3ccc(CC(C)CC)cc3)c(Cl)c2)cc1.CCc1ccc(C(=O)Oc2ccc(C(=O)Oc3ccc(CC(C)CC)cc3)cc2)cc1. The molecule has 0 aliphatic heterocycles. The molecule has 63 heavy (non-hydrogen) atoms. The van der Waals surface area contributed by atoms with Gasteiger partial charge in [-0.25, -0.2) is 19.2 Å². The van der Waals surface area contributed by atoms with Crippen LogP contribution in [0.3, 0.4) is 0 Å². The van der Waals surface area contributed by atoms with E-state index in [1.54, 1.807) is 60.7 Å². The van der Waals surface area contributed by atoms with E-state index in [0.717, 1.165) is 49.7 Å². The van der Waals surface area contributed by atoms with Crippen LogP contribution in [0.4, 0.5) is 0 Å². The van der Waals surface area contributed by atoms with Crippen molar-refractivity contribution in [1.82, 2.24) is 0 Å². The van der Waals surface area contributed by atoms with Crippen molar-refractivity contribution in [3.05, 3.63) is 189 Å². The van der Waals surface area contributed by atoms with Gasteiger partial charge < -0.3 is 18.9 Å². The smallest absolute Gasteiger partial charge is 0.345 e. The van der Waals surface area contributed by atoms with Crippen molar-refractivity contribution in [2.24, 2.45) is 11.8 Å². The number of hydrogen-bond donors (Lipinski definition) is 0. The van der Waals surface area contributed by atoms with Crippen LogP contribution in [0.25, 0.3) is 0 Å². The van der Waals surface area contributed by atoms with Gasteiger partial charge in [-0.1, -0.05) is 115 Å². The van der Waals surface area contributed by atoms with Gasteiger partial charge in [0.2, 0.25) is 0 Å². The van der Waals surface area contributed by atoms with E-state index in [-0.39, 0.29) is 16.3 Å². The van der Waals surface area contributed by atoms with Crippen molar-refractivity contribution in [2.45, 2.75) is 80.1 Å². The highest BCUT2D eigenvalue weighted by Gasteiger charge is 2.17. The van der Waals surface area contributed by atoms with E-state index < -0.39 is 23.9 Å². The topological polar surface area (TPSA) is 105 Å². The standard InChI is InChI=1S/C27H27ClO4.C27H28O4/c1-4-18(3)16-20-8-12-22(13-9-20)31-27(30)24-15-14-23(17-25(24)28)32-26(29)21-10-6-19(5-2)7-11-21;1-4-19(3)18-21-8-14-24(15-9-21)30-27(29)23-12-16-25(17-13-23)31-26(28)22-10-6-20(5-2)7-11-22/h6-15,17-18H,4-5,16H2,1-3H3;6-17,19H,4-5,18H2,1-3H3. The number of hydrogen-bond acceptors (Lipinski definition) is 8. The zero-order chi connectivity index (χ0) is 45.3. The third-order valence-electron chi connectivity index (χ3n) is 10.7. The van der Waals surface area contributed by atoms with Crippen LogP contribution < -0.4 is 18.9 Å². The largest absolute Gasteiger partial charge is 0.423 e. The van der Waals surface area contributed by atoms with Gasteiger partial charge in [-0.3, -0.25) is 0 Å². The van der Waals surface area contributed by atoms with Crippen molar-refractivity contribution < 1.29 is 38.1 Å². The Hall–Kier alpha value is -6.51. The molecule has 6 rings (SSSR count). The summed E-state index contributed by atoms with van der Waals surface area (Å²) in [5.41, 5.74) is 6.23. The van der Waals surface area contributed by atoms with Crippen LogP contribution in [-0.4, -0.2) is 23.9 Å². The number of halogens is 1. The lowest BCUT2D eigenvalue weighted by atomic mass is 9.99. The Balaban J connectivity index is 0.000000238. The van der Waals surface area contributed by atoms with Gasteiger partial charge >= 0.3 is 23.9 Å². The van der Waals surface area contributed by atoms with Crippen molar-refractivity contribution in [2.75, 3.05) is 0 Å². The fraction of sp³-hybridized carbons (Fsp3) is 0.259. The quantitative estimate of drug-likeness (QED) is 0.0699. The van der Waals surface area contributed by atoms with Gasteiger partial charge in [0, 0.05) is 6.07 Å². The first-order valence-electron chi connectivity index (χ1n) is 21.5. The second-order valence-electron chi connectivity index (χ2n) is 15.5. The summed E-state index contributed by atoms with van der Waals surface area (Å²) in [5, 5.41) is 0.148. The highest BCUT2D eigenvalue weighted by molar-refractivity contribution is 6.33. The van der Waals surface area contributed by atoms with Crippen LogP contribution in [0.1, 0.15) is 118 Å². The second kappa shape index (κ2) is 23.6. The molecule has 9 heteroatoms. The number of ether oxygens (including phenoxy) is 4. The highest BCUT2D eigenvalue weighted by atomic mass is 35.5. The molecule has 0 radical (unpaired) electrons. The van der Waals surface area contributed by atoms with Crippen molar-refractivity contribution in [1.29, 1.82) is 0 Å². The molecule has 326 valence electrons. The molecule has 0 spiro atoms. The summed E-state index contributed by atoms with van der Waals surface area (Å²) in [6.07, 6.45) is 6.05. The predicted octanol–water partition coefficient (Wildman–Crippen LogP) is 13.2. The third kappa shape index (κ3) is 14.5. The van der Waals surface area contributed by atoms with E-state index in [1.165, 1.54) is 29.3 Å². The maximum Gasteiger partial charge on any atom is 0.345 e. The predicted molar refractivity (Wildman–Crippen MR) is 249 cm³/mol. The molecule has 2 atom stereocenters. The van der Waals surface area contributed by atoms with Gasteiger partial charge in [-0.05, 0) is 145 Å². The van der Waals surface area contributed by atoms with Crippen LogP contribution >= 0.6 is 11.6 Å². The normalized spacial score (nSPS) is 11.6. The molecule has 0 fully saturated rings. The van der Waals surface area contributed by atoms with Crippen LogP contribution in [0, 0.1) is 11.8 Å². The molecule has 0 saturated heterocycles. The number of benzene rings is 6. The van der Waals surface area contributed by atoms with Gasteiger partial charge in [0.05, 0.1) is 27.3 Å². The average Bonchev–Trinajstić information content (AvgIpc) is 3.30. The summed E-state index contributed by atoms with van der Waals surface area (Å²) >= 11 is 6.27. The Kier molecular flexibility index (Phi) is 17.8. The van der Waals surface area contributed by atoms with Crippen molar-refractivity contribution in [3.63, 3.8) is 0 Å². The fourth-order valence-electron chi connectivity index (χ4n) is 6.28. The second-order valence-corrected chi connectivity index (χ2v) is 16.0. The maximum atomic E-state index is 12.5. The molecule has 0 saturated carbocycles. The molecule has 2 unspecified atom stereocenters. The molecule has 6 aromatic carbocycles. The number of esters is 4. The molecule has 6 aromatic rings. The minimum absolute atomic E-state index is 0.148. The Labute approximate surface area is 376 Å². The first-order chi connectivity index (χ1) is 30.4.